The van der Waals surface area contributed by atoms with Gasteiger partial charge in [0, 0.05) is 52.7 Å². The van der Waals surface area contributed by atoms with E-state index < -0.39 is 11.7 Å². The van der Waals surface area contributed by atoms with E-state index in [0.717, 1.165) is 50.9 Å². The van der Waals surface area contributed by atoms with Crippen LogP contribution in [0.3, 0.4) is 0 Å². The normalized spacial score (nSPS) is 16.0. The quantitative estimate of drug-likeness (QED) is 0.337. The predicted molar refractivity (Wildman–Crippen MR) is 111 cm³/mol. The van der Waals surface area contributed by atoms with Gasteiger partial charge in [-0.15, -0.1) is 0 Å². The molecule has 2 heterocycles. The third kappa shape index (κ3) is 7.98. The van der Waals surface area contributed by atoms with Crippen molar-refractivity contribution in [2.75, 3.05) is 58.4 Å². The van der Waals surface area contributed by atoms with Crippen molar-refractivity contribution in [3.63, 3.8) is 0 Å². The first-order chi connectivity index (χ1) is 14.5. The summed E-state index contributed by atoms with van der Waals surface area (Å²) in [4.78, 5) is 10.5. The molecule has 1 aliphatic rings. The Balaban J connectivity index is 1.82. The number of methoxy groups -OCH3 is 1. The molecule has 0 unspecified atom stereocenters. The molecule has 2 N–H and O–H groups in total. The maximum absolute atomic E-state index is 13.0. The van der Waals surface area contributed by atoms with Gasteiger partial charge in [0.1, 0.15) is 5.82 Å². The molecule has 0 amide bonds. The van der Waals surface area contributed by atoms with Crippen LogP contribution in [0.4, 0.5) is 19.0 Å². The molecule has 0 saturated carbocycles. The SMILES string of the molecule is CCNC(=NCCNc1ncccc1C(F)(F)F)N1CCC(OCCCOC)CC1. The molecule has 1 aliphatic heterocycles. The van der Waals surface area contributed by atoms with Crippen molar-refractivity contribution >= 4 is 11.8 Å². The molecule has 7 nitrogen and oxygen atoms in total. The van der Waals surface area contributed by atoms with Crippen molar-refractivity contribution < 1.29 is 22.6 Å². The van der Waals surface area contributed by atoms with E-state index in [0.29, 0.717) is 19.8 Å². The summed E-state index contributed by atoms with van der Waals surface area (Å²) in [6.45, 7) is 6.36. The number of pyridine rings is 1. The molecule has 0 atom stereocenters. The molecule has 10 heteroatoms. The second-order valence-electron chi connectivity index (χ2n) is 6.96. The van der Waals surface area contributed by atoms with Gasteiger partial charge in [0.05, 0.1) is 18.2 Å². The first kappa shape index (κ1) is 24.2. The molecule has 0 aliphatic carbocycles. The van der Waals surface area contributed by atoms with Crippen molar-refractivity contribution in [1.82, 2.24) is 15.2 Å². The van der Waals surface area contributed by atoms with Gasteiger partial charge in [0.15, 0.2) is 5.96 Å². The lowest BCUT2D eigenvalue weighted by Gasteiger charge is -2.34. The van der Waals surface area contributed by atoms with E-state index in [-0.39, 0.29) is 18.5 Å². The fraction of sp³-hybridized carbons (Fsp3) is 0.700. The van der Waals surface area contributed by atoms with Gasteiger partial charge in [-0.2, -0.15) is 13.2 Å². The zero-order valence-corrected chi connectivity index (χ0v) is 17.7. The molecule has 1 aromatic rings. The smallest absolute Gasteiger partial charge is 0.385 e. The Kier molecular flexibility index (Phi) is 10.2. The summed E-state index contributed by atoms with van der Waals surface area (Å²) in [6.07, 6.45) is -0.137. The molecule has 0 radical (unpaired) electrons. The Morgan fingerprint density at radius 2 is 2.07 bits per heavy atom. The van der Waals surface area contributed by atoms with Gasteiger partial charge in [-0.3, -0.25) is 4.99 Å². The van der Waals surface area contributed by atoms with Gasteiger partial charge in [-0.25, -0.2) is 4.98 Å². The number of hydrogen-bond acceptors (Lipinski definition) is 5. The lowest BCUT2D eigenvalue weighted by Crippen LogP contribution is -2.47. The fourth-order valence-corrected chi connectivity index (χ4v) is 3.22. The summed E-state index contributed by atoms with van der Waals surface area (Å²) in [5.41, 5.74) is -0.770. The minimum atomic E-state index is -4.44. The van der Waals surface area contributed by atoms with Gasteiger partial charge in [0.2, 0.25) is 0 Å². The number of piperidine rings is 1. The maximum atomic E-state index is 13.0. The molecule has 30 heavy (non-hydrogen) atoms. The van der Waals surface area contributed by atoms with E-state index in [1.165, 1.54) is 12.3 Å². The molecule has 1 saturated heterocycles. The highest BCUT2D eigenvalue weighted by atomic mass is 19.4. The highest BCUT2D eigenvalue weighted by molar-refractivity contribution is 5.80. The lowest BCUT2D eigenvalue weighted by molar-refractivity contribution is -0.137. The third-order valence-corrected chi connectivity index (χ3v) is 4.70. The first-order valence-corrected chi connectivity index (χ1v) is 10.4. The number of likely N-dealkylation sites (tertiary alicyclic amines) is 1. The minimum Gasteiger partial charge on any atom is -0.385 e. The minimum absolute atomic E-state index is 0.170. The number of guanidine groups is 1. The van der Waals surface area contributed by atoms with Crippen LogP contribution in [0.5, 0.6) is 0 Å². The van der Waals surface area contributed by atoms with Crippen molar-refractivity contribution in [3.05, 3.63) is 23.9 Å². The van der Waals surface area contributed by atoms with Gasteiger partial charge in [0.25, 0.3) is 0 Å². The average molecular weight is 432 g/mol. The molecule has 1 fully saturated rings. The number of hydrogen-bond donors (Lipinski definition) is 2. The number of anilines is 1. The van der Waals surface area contributed by atoms with Crippen LogP contribution in [0.25, 0.3) is 0 Å². The zero-order valence-electron chi connectivity index (χ0n) is 17.7. The molecule has 0 spiro atoms. The molecule has 2 rings (SSSR count). The second kappa shape index (κ2) is 12.6. The molecule has 0 bridgehead atoms. The number of halogens is 3. The van der Waals surface area contributed by atoms with E-state index in [4.69, 9.17) is 9.47 Å². The number of alkyl halides is 3. The number of rotatable bonds is 10. The lowest BCUT2D eigenvalue weighted by atomic mass is 10.1. The standard InChI is InChI=1S/C20H32F3N5O2/c1-3-24-19(28-12-7-16(8-13-28)30-15-5-14-29-2)27-11-10-26-18-17(20(21,22)23)6-4-9-25-18/h4,6,9,16H,3,5,7-8,10-15H2,1-2H3,(H,24,27)(H,25,26). The summed E-state index contributed by atoms with van der Waals surface area (Å²) in [7, 11) is 1.68. The predicted octanol–water partition coefficient (Wildman–Crippen LogP) is 3.00. The van der Waals surface area contributed by atoms with E-state index in [1.54, 1.807) is 7.11 Å². The molecule has 170 valence electrons. The Labute approximate surface area is 176 Å². The monoisotopic (exact) mass is 431 g/mol. The Bertz CT molecular complexity index is 650. The topological polar surface area (TPSA) is 71.0 Å². The number of aliphatic imine (C=N–C) groups is 1. The second-order valence-corrected chi connectivity index (χ2v) is 6.96. The van der Waals surface area contributed by atoms with E-state index in [1.807, 2.05) is 6.92 Å². The maximum Gasteiger partial charge on any atom is 0.419 e. The Morgan fingerprint density at radius 1 is 1.30 bits per heavy atom. The molecular formula is C20H32F3N5O2. The summed E-state index contributed by atoms with van der Waals surface area (Å²) >= 11 is 0. The van der Waals surface area contributed by atoms with Gasteiger partial charge < -0.3 is 25.0 Å². The zero-order chi connectivity index (χ0) is 21.8. The van der Waals surface area contributed by atoms with Crippen LogP contribution in [0.15, 0.2) is 23.3 Å². The highest BCUT2D eigenvalue weighted by Crippen LogP contribution is 2.33. The van der Waals surface area contributed by atoms with Crippen molar-refractivity contribution in [2.24, 2.45) is 4.99 Å². The summed E-state index contributed by atoms with van der Waals surface area (Å²) < 4.78 is 50.0. The highest BCUT2D eigenvalue weighted by Gasteiger charge is 2.33. The number of ether oxygens (including phenoxy) is 2. The number of nitrogens with zero attached hydrogens (tertiary/aromatic N) is 3. The molecule has 1 aromatic heterocycles. The first-order valence-electron chi connectivity index (χ1n) is 10.4. The van der Waals surface area contributed by atoms with Gasteiger partial charge in [-0.05, 0) is 38.3 Å². The van der Waals surface area contributed by atoms with Crippen LogP contribution >= 0.6 is 0 Å². The third-order valence-electron chi connectivity index (χ3n) is 4.70. The number of nitrogens with one attached hydrogen (secondary N) is 2. The van der Waals surface area contributed by atoms with Crippen molar-refractivity contribution in [1.29, 1.82) is 0 Å². The van der Waals surface area contributed by atoms with Crippen LogP contribution < -0.4 is 10.6 Å². The average Bonchev–Trinajstić information content (AvgIpc) is 2.73. The fourth-order valence-electron chi connectivity index (χ4n) is 3.22. The van der Waals surface area contributed by atoms with Gasteiger partial charge >= 0.3 is 6.18 Å². The van der Waals surface area contributed by atoms with E-state index >= 15 is 0 Å². The van der Waals surface area contributed by atoms with E-state index in [2.05, 4.69) is 25.5 Å². The van der Waals surface area contributed by atoms with Gasteiger partial charge in [-0.1, -0.05) is 0 Å². The molecular weight excluding hydrogens is 399 g/mol. The summed E-state index contributed by atoms with van der Waals surface area (Å²) in [6, 6.07) is 2.30. The molecule has 0 aromatic carbocycles. The largest absolute Gasteiger partial charge is 0.419 e. The summed E-state index contributed by atoms with van der Waals surface area (Å²) in [5, 5.41) is 6.00. The van der Waals surface area contributed by atoms with Crippen LogP contribution in [0.2, 0.25) is 0 Å². The van der Waals surface area contributed by atoms with E-state index in [9.17, 15) is 13.2 Å². The van der Waals surface area contributed by atoms with Crippen LogP contribution in [-0.4, -0.2) is 75.0 Å². The number of aromatic nitrogens is 1. The van der Waals surface area contributed by atoms with Crippen molar-refractivity contribution in [3.8, 4) is 0 Å². The Hall–Kier alpha value is -2.07. The van der Waals surface area contributed by atoms with Crippen LogP contribution in [-0.2, 0) is 15.7 Å². The summed E-state index contributed by atoms with van der Waals surface area (Å²) in [5.74, 6) is 0.603. The van der Waals surface area contributed by atoms with Crippen molar-refractivity contribution in [2.45, 2.75) is 38.5 Å². The van der Waals surface area contributed by atoms with Crippen LogP contribution in [0.1, 0.15) is 31.7 Å². The van der Waals surface area contributed by atoms with Crippen LogP contribution in [0, 0.1) is 0 Å². The Morgan fingerprint density at radius 3 is 2.73 bits per heavy atom.